The Balaban J connectivity index is 1.59. The highest BCUT2D eigenvalue weighted by Gasteiger charge is 2.19. The summed E-state index contributed by atoms with van der Waals surface area (Å²) >= 11 is 0. The van der Waals surface area contributed by atoms with E-state index in [-0.39, 0.29) is 7.92 Å². The minimum absolute atomic E-state index is 0.0218. The summed E-state index contributed by atoms with van der Waals surface area (Å²) < 4.78 is 0. The van der Waals surface area contributed by atoms with Crippen LogP contribution < -0.4 is 5.30 Å². The van der Waals surface area contributed by atoms with Gasteiger partial charge in [0.2, 0.25) is 0 Å². The summed E-state index contributed by atoms with van der Waals surface area (Å²) in [4.78, 5) is 0. The average Bonchev–Trinajstić information content (AvgIpc) is 2.90. The van der Waals surface area contributed by atoms with E-state index in [2.05, 4.69) is 132 Å². The van der Waals surface area contributed by atoms with Crippen molar-refractivity contribution in [1.29, 1.82) is 0 Å². The molecular formula is C35H38P2. The molecule has 0 aliphatic heterocycles. The van der Waals surface area contributed by atoms with Crippen molar-refractivity contribution in [3.8, 4) is 11.1 Å². The Morgan fingerprint density at radius 1 is 0.595 bits per heavy atom. The van der Waals surface area contributed by atoms with Gasteiger partial charge in [-0.15, -0.1) is 0 Å². The molecule has 0 nitrogen and oxygen atoms in total. The molecule has 0 fully saturated rings. The first-order valence-electron chi connectivity index (χ1n) is 13.5. The molecular weight excluding hydrogens is 482 g/mol. The molecule has 0 radical (unpaired) electrons. The van der Waals surface area contributed by atoms with Crippen LogP contribution in [-0.2, 0) is 12.3 Å². The van der Waals surface area contributed by atoms with Gasteiger partial charge in [0.1, 0.15) is 0 Å². The van der Waals surface area contributed by atoms with Crippen LogP contribution in [0.1, 0.15) is 44.4 Å². The molecule has 5 aromatic rings. The van der Waals surface area contributed by atoms with Crippen molar-refractivity contribution in [2.24, 2.45) is 0 Å². The quantitative estimate of drug-likeness (QED) is 0.179. The maximum Gasteiger partial charge on any atom is -0.00537 e. The highest BCUT2D eigenvalue weighted by Crippen LogP contribution is 2.49. The van der Waals surface area contributed by atoms with E-state index in [0.717, 1.165) is 26.1 Å². The molecule has 37 heavy (non-hydrogen) atoms. The zero-order chi connectivity index (χ0) is 25.9. The lowest BCUT2D eigenvalue weighted by Gasteiger charge is -2.27. The molecule has 1 unspecified atom stereocenters. The predicted octanol–water partition coefficient (Wildman–Crippen LogP) is 10.3. The molecule has 0 N–H and O–H groups in total. The van der Waals surface area contributed by atoms with E-state index in [0.29, 0.717) is 0 Å². The first-order valence-corrected chi connectivity index (χ1v) is 16.4. The molecule has 0 aromatic heterocycles. The van der Waals surface area contributed by atoms with Gasteiger partial charge in [0.05, 0.1) is 0 Å². The Kier molecular flexibility index (Phi) is 8.09. The van der Waals surface area contributed by atoms with Gasteiger partial charge in [-0.05, 0) is 85.2 Å². The average molecular weight is 521 g/mol. The Morgan fingerprint density at radius 2 is 1.16 bits per heavy atom. The van der Waals surface area contributed by atoms with Crippen LogP contribution in [-0.4, -0.2) is 11.3 Å². The fourth-order valence-corrected chi connectivity index (χ4v) is 9.68. The Hall–Kier alpha value is -2.52. The van der Waals surface area contributed by atoms with Gasteiger partial charge in [0.15, 0.2) is 0 Å². The first kappa shape index (κ1) is 26.1. The number of hydrogen-bond donors (Lipinski definition) is 0. The minimum Gasteiger partial charge on any atom is -0.0969 e. The summed E-state index contributed by atoms with van der Waals surface area (Å²) in [5.41, 5.74) is 8.70. The maximum atomic E-state index is 2.41. The van der Waals surface area contributed by atoms with Crippen molar-refractivity contribution in [2.45, 2.75) is 58.3 Å². The van der Waals surface area contributed by atoms with Gasteiger partial charge in [0.25, 0.3) is 0 Å². The first-order chi connectivity index (χ1) is 17.9. The normalized spacial score (nSPS) is 12.2. The number of aryl methyl sites for hydroxylation is 1. The van der Waals surface area contributed by atoms with Crippen molar-refractivity contribution in [2.75, 3.05) is 0 Å². The van der Waals surface area contributed by atoms with Crippen LogP contribution in [0, 0.1) is 6.92 Å². The second-order valence-electron chi connectivity index (χ2n) is 10.7. The molecule has 0 aliphatic rings. The lowest BCUT2D eigenvalue weighted by molar-refractivity contribution is 0.996. The Morgan fingerprint density at radius 3 is 1.84 bits per heavy atom. The van der Waals surface area contributed by atoms with Gasteiger partial charge < -0.3 is 0 Å². The van der Waals surface area contributed by atoms with E-state index in [9.17, 15) is 0 Å². The number of rotatable bonds is 8. The standard InChI is InChI=1S/C35H38P2/c1-24(2)37(25(3)4)23-30-14-8-11-17-33(30)36-22-29-21-20-28-13-7-10-16-32(28)35(29)34-26(5)18-19-27-12-6-9-15-31(27)34/h6-21,24-25,36H,22-23H2,1-5H3. The highest BCUT2D eigenvalue weighted by atomic mass is 31.1. The van der Waals surface area contributed by atoms with E-state index in [1.165, 1.54) is 50.0 Å². The summed E-state index contributed by atoms with van der Waals surface area (Å²) in [6, 6.07) is 36.3. The van der Waals surface area contributed by atoms with Crippen LogP contribution in [0.5, 0.6) is 0 Å². The third kappa shape index (κ3) is 5.53. The molecule has 0 bridgehead atoms. The number of fused-ring (bicyclic) bond motifs is 2. The lowest BCUT2D eigenvalue weighted by Crippen LogP contribution is -2.10. The minimum atomic E-state index is -0.0218. The summed E-state index contributed by atoms with van der Waals surface area (Å²) in [5.74, 6) is 0. The molecule has 0 saturated heterocycles. The van der Waals surface area contributed by atoms with E-state index in [4.69, 9.17) is 0 Å². The predicted molar refractivity (Wildman–Crippen MR) is 171 cm³/mol. The van der Waals surface area contributed by atoms with Gasteiger partial charge in [-0.25, -0.2) is 0 Å². The highest BCUT2D eigenvalue weighted by molar-refractivity contribution is 7.58. The van der Waals surface area contributed by atoms with E-state index in [1.54, 1.807) is 10.9 Å². The fourth-order valence-electron chi connectivity index (χ4n) is 5.65. The van der Waals surface area contributed by atoms with Crippen molar-refractivity contribution in [3.05, 3.63) is 114 Å². The van der Waals surface area contributed by atoms with E-state index in [1.807, 2.05) is 0 Å². The topological polar surface area (TPSA) is 0 Å². The lowest BCUT2D eigenvalue weighted by atomic mass is 9.88. The largest absolute Gasteiger partial charge is 0.0969 e. The summed E-state index contributed by atoms with van der Waals surface area (Å²) in [5, 5.41) is 6.89. The zero-order valence-corrected chi connectivity index (χ0v) is 24.6. The SMILES string of the molecule is Cc1ccc2ccccc2c1-c1c(CPc2ccccc2CP(C(C)C)C(C)C)ccc2ccccc12. The zero-order valence-electron chi connectivity index (χ0n) is 22.8. The van der Waals surface area contributed by atoms with Crippen molar-refractivity contribution >= 4 is 43.4 Å². The smallest absolute Gasteiger partial charge is 0.00537 e. The van der Waals surface area contributed by atoms with Crippen molar-refractivity contribution in [3.63, 3.8) is 0 Å². The number of benzene rings is 5. The van der Waals surface area contributed by atoms with Crippen molar-refractivity contribution < 1.29 is 0 Å². The molecule has 1 atom stereocenters. The molecule has 0 amide bonds. The van der Waals surface area contributed by atoms with Crippen LogP contribution in [0.3, 0.4) is 0 Å². The second-order valence-corrected chi connectivity index (χ2v) is 15.3. The third-order valence-corrected chi connectivity index (χ3v) is 12.4. The summed E-state index contributed by atoms with van der Waals surface area (Å²) in [6.07, 6.45) is 2.31. The van der Waals surface area contributed by atoms with Gasteiger partial charge >= 0.3 is 0 Å². The van der Waals surface area contributed by atoms with E-state index < -0.39 is 0 Å². The Bertz CT molecular complexity index is 1520. The van der Waals surface area contributed by atoms with Crippen LogP contribution in [0.4, 0.5) is 0 Å². The van der Waals surface area contributed by atoms with Crippen LogP contribution >= 0.6 is 16.5 Å². The molecule has 0 aliphatic carbocycles. The van der Waals surface area contributed by atoms with Gasteiger partial charge in [-0.2, -0.15) is 0 Å². The number of hydrogen-bond acceptors (Lipinski definition) is 0. The van der Waals surface area contributed by atoms with Crippen LogP contribution in [0.15, 0.2) is 97.1 Å². The Labute approximate surface area is 226 Å². The van der Waals surface area contributed by atoms with Crippen molar-refractivity contribution in [1.82, 2.24) is 0 Å². The monoisotopic (exact) mass is 520 g/mol. The summed E-state index contributed by atoms with van der Waals surface area (Å²) in [7, 11) is 0.742. The third-order valence-electron chi connectivity index (χ3n) is 7.57. The molecule has 0 spiro atoms. The summed E-state index contributed by atoms with van der Waals surface area (Å²) in [6.45, 7) is 11.9. The maximum absolute atomic E-state index is 2.41. The van der Waals surface area contributed by atoms with Crippen LogP contribution in [0.25, 0.3) is 32.7 Å². The second kappa shape index (κ2) is 11.5. The molecule has 188 valence electrons. The van der Waals surface area contributed by atoms with Gasteiger partial charge in [0, 0.05) is 0 Å². The van der Waals surface area contributed by atoms with Gasteiger partial charge in [-0.3, -0.25) is 0 Å². The molecule has 0 saturated carbocycles. The molecule has 0 heterocycles. The fraction of sp³-hybridized carbons (Fsp3) is 0.257. The van der Waals surface area contributed by atoms with E-state index >= 15 is 0 Å². The molecule has 5 rings (SSSR count). The van der Waals surface area contributed by atoms with Crippen LogP contribution in [0.2, 0.25) is 0 Å². The van der Waals surface area contributed by atoms with Gasteiger partial charge in [-0.1, -0.05) is 141 Å². The molecule has 2 heteroatoms. The molecule has 5 aromatic carbocycles.